The summed E-state index contributed by atoms with van der Waals surface area (Å²) in [6, 6.07) is 10.2. The van der Waals surface area contributed by atoms with Crippen molar-refractivity contribution in [3.63, 3.8) is 0 Å². The third-order valence-electron chi connectivity index (χ3n) is 4.34. The van der Waals surface area contributed by atoms with E-state index in [9.17, 15) is 20.1 Å². The van der Waals surface area contributed by atoms with E-state index in [1.807, 2.05) is 12.1 Å². The molecule has 1 aromatic carbocycles. The van der Waals surface area contributed by atoms with Gasteiger partial charge in [0.2, 0.25) is 0 Å². The molecule has 0 unspecified atom stereocenters. The minimum atomic E-state index is -0.439. The van der Waals surface area contributed by atoms with Crippen LogP contribution in [0.1, 0.15) is 32.6 Å². The standard InChI is InChI=1S/C21H21N3O4/c25-13-18-7-17(8-19(14-26)20(18)27)21(28)24(11-15-3-1-5-22-9-15)12-16-4-2-6-23-10-16/h1-10,25-27H,11-14H2. The van der Waals surface area contributed by atoms with E-state index < -0.39 is 13.2 Å². The summed E-state index contributed by atoms with van der Waals surface area (Å²) in [6.07, 6.45) is 6.72. The number of pyridine rings is 2. The Morgan fingerprint density at radius 3 is 1.79 bits per heavy atom. The molecule has 0 radical (unpaired) electrons. The Morgan fingerprint density at radius 1 is 0.893 bits per heavy atom. The smallest absolute Gasteiger partial charge is 0.254 e. The molecule has 3 aromatic rings. The summed E-state index contributed by atoms with van der Waals surface area (Å²) in [4.78, 5) is 23.1. The Labute approximate surface area is 162 Å². The Hall–Kier alpha value is -3.29. The molecule has 3 N–H and O–H groups in total. The lowest BCUT2D eigenvalue weighted by Gasteiger charge is -2.23. The highest BCUT2D eigenvalue weighted by Crippen LogP contribution is 2.26. The first-order chi connectivity index (χ1) is 13.6. The van der Waals surface area contributed by atoms with E-state index in [1.165, 1.54) is 12.1 Å². The fourth-order valence-corrected chi connectivity index (χ4v) is 2.93. The average Bonchev–Trinajstić information content (AvgIpc) is 2.74. The number of carbonyl (C=O) groups is 1. The largest absolute Gasteiger partial charge is 0.507 e. The van der Waals surface area contributed by atoms with Gasteiger partial charge in [-0.05, 0) is 35.4 Å². The molecule has 0 aliphatic heterocycles. The van der Waals surface area contributed by atoms with Gasteiger partial charge in [-0.1, -0.05) is 12.1 Å². The van der Waals surface area contributed by atoms with Crippen LogP contribution >= 0.6 is 0 Å². The third kappa shape index (κ3) is 4.51. The molecule has 144 valence electrons. The monoisotopic (exact) mass is 379 g/mol. The summed E-state index contributed by atoms with van der Waals surface area (Å²) < 4.78 is 0. The van der Waals surface area contributed by atoms with Gasteiger partial charge in [0.05, 0.1) is 13.2 Å². The molecular formula is C21H21N3O4. The zero-order chi connectivity index (χ0) is 19.9. The van der Waals surface area contributed by atoms with Crippen molar-refractivity contribution in [1.29, 1.82) is 0 Å². The lowest BCUT2D eigenvalue weighted by molar-refractivity contribution is 0.0729. The van der Waals surface area contributed by atoms with E-state index in [2.05, 4.69) is 9.97 Å². The number of amides is 1. The number of benzene rings is 1. The van der Waals surface area contributed by atoms with E-state index >= 15 is 0 Å². The molecule has 3 rings (SSSR count). The van der Waals surface area contributed by atoms with Gasteiger partial charge >= 0.3 is 0 Å². The summed E-state index contributed by atoms with van der Waals surface area (Å²) in [5, 5.41) is 29.0. The number of carbonyl (C=O) groups excluding carboxylic acids is 1. The topological polar surface area (TPSA) is 107 Å². The maximum Gasteiger partial charge on any atom is 0.254 e. The van der Waals surface area contributed by atoms with Crippen LogP contribution < -0.4 is 0 Å². The van der Waals surface area contributed by atoms with Crippen molar-refractivity contribution >= 4 is 5.91 Å². The van der Waals surface area contributed by atoms with E-state index in [0.29, 0.717) is 13.1 Å². The van der Waals surface area contributed by atoms with Crippen LogP contribution in [-0.4, -0.2) is 36.1 Å². The Morgan fingerprint density at radius 2 is 1.39 bits per heavy atom. The normalized spacial score (nSPS) is 10.6. The molecule has 2 aromatic heterocycles. The van der Waals surface area contributed by atoms with Crippen LogP contribution in [-0.2, 0) is 26.3 Å². The van der Waals surface area contributed by atoms with Crippen LogP contribution in [0.3, 0.4) is 0 Å². The fraction of sp³-hybridized carbons (Fsp3) is 0.190. The second kappa shape index (κ2) is 9.07. The Balaban J connectivity index is 1.95. The number of hydrogen-bond acceptors (Lipinski definition) is 6. The van der Waals surface area contributed by atoms with E-state index in [-0.39, 0.29) is 28.3 Å². The van der Waals surface area contributed by atoms with Gasteiger partial charge in [0, 0.05) is 54.6 Å². The molecule has 7 nitrogen and oxygen atoms in total. The quantitative estimate of drug-likeness (QED) is 0.580. The second-order valence-electron chi connectivity index (χ2n) is 6.34. The lowest BCUT2D eigenvalue weighted by Crippen LogP contribution is -2.30. The highest BCUT2D eigenvalue weighted by Gasteiger charge is 2.20. The third-order valence-corrected chi connectivity index (χ3v) is 4.34. The molecule has 1 amide bonds. The van der Waals surface area contributed by atoms with Crippen LogP contribution in [0.4, 0.5) is 0 Å². The van der Waals surface area contributed by atoms with Gasteiger partial charge in [-0.2, -0.15) is 0 Å². The minimum Gasteiger partial charge on any atom is -0.507 e. The van der Waals surface area contributed by atoms with Crippen LogP contribution in [0.5, 0.6) is 5.75 Å². The van der Waals surface area contributed by atoms with Gasteiger partial charge in [0.1, 0.15) is 5.75 Å². The SMILES string of the molecule is O=C(c1cc(CO)c(O)c(CO)c1)N(Cc1cccnc1)Cc1cccnc1. The summed E-state index contributed by atoms with van der Waals surface area (Å²) in [5.74, 6) is -0.496. The predicted octanol–water partition coefficient (Wildman–Crippen LogP) is 2.01. The van der Waals surface area contributed by atoms with Gasteiger partial charge in [-0.25, -0.2) is 0 Å². The number of aliphatic hydroxyl groups excluding tert-OH is 2. The van der Waals surface area contributed by atoms with Crippen LogP contribution in [0.15, 0.2) is 61.2 Å². The van der Waals surface area contributed by atoms with Crippen LogP contribution in [0, 0.1) is 0 Å². The zero-order valence-corrected chi connectivity index (χ0v) is 15.2. The van der Waals surface area contributed by atoms with Gasteiger partial charge < -0.3 is 20.2 Å². The molecular weight excluding hydrogens is 358 g/mol. The molecule has 0 aliphatic rings. The zero-order valence-electron chi connectivity index (χ0n) is 15.2. The number of aliphatic hydroxyl groups is 2. The van der Waals surface area contributed by atoms with Gasteiger partial charge in [0.15, 0.2) is 0 Å². The highest BCUT2D eigenvalue weighted by atomic mass is 16.3. The molecule has 0 saturated carbocycles. The molecule has 0 atom stereocenters. The molecule has 28 heavy (non-hydrogen) atoms. The molecule has 7 heteroatoms. The Bertz CT molecular complexity index is 866. The first-order valence-corrected chi connectivity index (χ1v) is 8.76. The molecule has 0 aliphatic carbocycles. The first-order valence-electron chi connectivity index (χ1n) is 8.76. The van der Waals surface area contributed by atoms with E-state index in [4.69, 9.17) is 0 Å². The number of phenols is 1. The highest BCUT2D eigenvalue weighted by molar-refractivity contribution is 5.95. The van der Waals surface area contributed by atoms with E-state index in [0.717, 1.165) is 11.1 Å². The second-order valence-corrected chi connectivity index (χ2v) is 6.34. The number of aromatic nitrogens is 2. The molecule has 0 fully saturated rings. The van der Waals surface area contributed by atoms with Crippen molar-refractivity contribution in [2.75, 3.05) is 0 Å². The Kier molecular flexibility index (Phi) is 6.31. The number of aromatic hydroxyl groups is 1. The number of rotatable bonds is 7. The minimum absolute atomic E-state index is 0.192. The summed E-state index contributed by atoms with van der Waals surface area (Å²) in [7, 11) is 0. The first kappa shape index (κ1) is 19.5. The molecule has 0 saturated heterocycles. The molecule has 0 spiro atoms. The molecule has 0 bridgehead atoms. The van der Waals surface area contributed by atoms with Gasteiger partial charge in [-0.15, -0.1) is 0 Å². The fourth-order valence-electron chi connectivity index (χ4n) is 2.93. The summed E-state index contributed by atoms with van der Waals surface area (Å²) in [6.45, 7) is -0.229. The maximum atomic E-state index is 13.2. The van der Waals surface area contributed by atoms with Crippen molar-refractivity contribution in [2.45, 2.75) is 26.3 Å². The predicted molar refractivity (Wildman–Crippen MR) is 102 cm³/mol. The average molecular weight is 379 g/mol. The number of nitrogens with zero attached hydrogens (tertiary/aromatic N) is 3. The van der Waals surface area contributed by atoms with Gasteiger partial charge in [0.25, 0.3) is 5.91 Å². The van der Waals surface area contributed by atoms with Gasteiger partial charge in [-0.3, -0.25) is 14.8 Å². The van der Waals surface area contributed by atoms with Crippen molar-refractivity contribution < 1.29 is 20.1 Å². The van der Waals surface area contributed by atoms with Crippen molar-refractivity contribution in [1.82, 2.24) is 14.9 Å². The summed E-state index contributed by atoms with van der Waals surface area (Å²) >= 11 is 0. The lowest BCUT2D eigenvalue weighted by atomic mass is 10.0. The van der Waals surface area contributed by atoms with E-state index in [1.54, 1.807) is 41.8 Å². The van der Waals surface area contributed by atoms with Crippen LogP contribution in [0.2, 0.25) is 0 Å². The molecule has 2 heterocycles. The summed E-state index contributed by atoms with van der Waals surface area (Å²) in [5.41, 5.74) is 2.39. The van der Waals surface area contributed by atoms with Crippen LogP contribution in [0.25, 0.3) is 0 Å². The number of hydrogen-bond donors (Lipinski definition) is 3. The van der Waals surface area contributed by atoms with Crippen molar-refractivity contribution in [3.05, 3.63) is 89.0 Å². The van der Waals surface area contributed by atoms with Crippen molar-refractivity contribution in [2.24, 2.45) is 0 Å². The van der Waals surface area contributed by atoms with Crippen molar-refractivity contribution in [3.8, 4) is 5.75 Å². The maximum absolute atomic E-state index is 13.2.